The molecule has 5 rings (SSSR count). The maximum absolute atomic E-state index is 13.4. The number of nitrogens with one attached hydrogen (secondary N) is 2. The van der Waals surface area contributed by atoms with Crippen LogP contribution >= 0.6 is 11.8 Å². The number of carbonyl (C=O) groups excluding carboxylic acids is 4. The number of rotatable bonds is 6. The Bertz CT molecular complexity index is 1330. The molecule has 2 fully saturated rings. The quantitative estimate of drug-likeness (QED) is 0.482. The lowest BCUT2D eigenvalue weighted by atomic mass is 10.0. The fraction of sp³-hybridized carbons (Fsp3) is 0.269. The van der Waals surface area contributed by atoms with Crippen molar-refractivity contribution in [2.24, 2.45) is 0 Å². The number of imide groups is 1. The van der Waals surface area contributed by atoms with Crippen LogP contribution < -0.4 is 15.5 Å². The summed E-state index contributed by atoms with van der Waals surface area (Å²) in [6, 6.07) is 14.1. The molecule has 6 amide bonds. The number of anilines is 1. The summed E-state index contributed by atoms with van der Waals surface area (Å²) >= 11 is 1.36. The number of carboxylic acid groups (broad SMARTS) is 1. The molecular weight excluding hydrogens is 510 g/mol. The molecule has 0 bridgehead atoms. The zero-order valence-electron chi connectivity index (χ0n) is 20.4. The van der Waals surface area contributed by atoms with Crippen molar-refractivity contribution in [3.8, 4) is 0 Å². The fourth-order valence-electron chi connectivity index (χ4n) is 4.73. The molecule has 3 aliphatic rings. The van der Waals surface area contributed by atoms with Gasteiger partial charge < -0.3 is 15.7 Å². The maximum Gasteiger partial charge on any atom is 0.352 e. The number of amides is 6. The van der Waals surface area contributed by atoms with Gasteiger partial charge in [-0.25, -0.2) is 19.3 Å². The van der Waals surface area contributed by atoms with Crippen LogP contribution in [0.4, 0.5) is 15.3 Å². The summed E-state index contributed by atoms with van der Waals surface area (Å²) in [5.74, 6) is -1.95. The van der Waals surface area contributed by atoms with Crippen LogP contribution in [0, 0.1) is 0 Å². The van der Waals surface area contributed by atoms with E-state index in [0.717, 1.165) is 4.90 Å². The molecule has 38 heavy (non-hydrogen) atoms. The van der Waals surface area contributed by atoms with Crippen LogP contribution in [0.2, 0.25) is 0 Å². The van der Waals surface area contributed by atoms with E-state index < -0.39 is 47.3 Å². The molecule has 0 spiro atoms. The SMILES string of the molecule is CC1=C(C(=O)O)N2C(=O)C(NC(=O)C(NC(=O)N3CCN(c4ccccc4)C3=O)c3ccccc3)[C@@H]2SC1. The largest absolute Gasteiger partial charge is 0.477 e. The number of β-lactam (4-membered cyclic amide) rings is 1. The van der Waals surface area contributed by atoms with Crippen molar-refractivity contribution >= 4 is 47.3 Å². The van der Waals surface area contributed by atoms with Crippen LogP contribution in [-0.2, 0) is 14.4 Å². The lowest BCUT2D eigenvalue weighted by Crippen LogP contribution is -2.71. The minimum atomic E-state index is -1.19. The number of thioether (sulfide) groups is 1. The highest BCUT2D eigenvalue weighted by atomic mass is 32.2. The van der Waals surface area contributed by atoms with E-state index in [-0.39, 0.29) is 12.2 Å². The van der Waals surface area contributed by atoms with E-state index in [9.17, 15) is 29.1 Å². The van der Waals surface area contributed by atoms with Gasteiger partial charge >= 0.3 is 18.0 Å². The molecule has 2 aromatic rings. The summed E-state index contributed by atoms with van der Waals surface area (Å²) in [7, 11) is 0. The van der Waals surface area contributed by atoms with Gasteiger partial charge in [0.15, 0.2) is 0 Å². The van der Waals surface area contributed by atoms with Crippen LogP contribution in [0.1, 0.15) is 18.5 Å². The molecule has 3 heterocycles. The highest BCUT2D eigenvalue weighted by Gasteiger charge is 2.54. The number of carboxylic acids is 1. The number of hydrogen-bond acceptors (Lipinski definition) is 6. The molecule has 3 aliphatic heterocycles. The van der Waals surface area contributed by atoms with Gasteiger partial charge in [-0.2, -0.15) is 0 Å². The first-order valence-corrected chi connectivity index (χ1v) is 13.0. The van der Waals surface area contributed by atoms with Gasteiger partial charge in [-0.15, -0.1) is 11.8 Å². The van der Waals surface area contributed by atoms with Gasteiger partial charge in [0.05, 0.1) is 6.54 Å². The third kappa shape index (κ3) is 4.47. The lowest BCUT2D eigenvalue weighted by molar-refractivity contribution is -0.151. The smallest absolute Gasteiger partial charge is 0.352 e. The molecule has 0 aliphatic carbocycles. The summed E-state index contributed by atoms with van der Waals surface area (Å²) in [6.45, 7) is 2.11. The highest BCUT2D eigenvalue weighted by molar-refractivity contribution is 8.00. The van der Waals surface area contributed by atoms with E-state index in [0.29, 0.717) is 29.1 Å². The van der Waals surface area contributed by atoms with Crippen molar-refractivity contribution in [1.29, 1.82) is 0 Å². The molecule has 2 unspecified atom stereocenters. The standard InChI is InChI=1S/C26H25N5O6S/c1-15-14-38-23-19(22(33)31(23)20(15)24(34)35)27-21(32)18(16-8-4-2-5-9-16)28-25(36)30-13-12-29(26(30)37)17-10-6-3-7-11-17/h2-11,18-19,23H,12-14H2,1H3,(H,27,32)(H,28,36)(H,34,35)/t18?,19?,23-/m0/s1. The number of urea groups is 2. The predicted octanol–water partition coefficient (Wildman–Crippen LogP) is 2.14. The molecular formula is C26H25N5O6S. The van der Waals surface area contributed by atoms with E-state index >= 15 is 0 Å². The fourth-order valence-corrected chi connectivity index (χ4v) is 6.02. The molecule has 3 N–H and O–H groups in total. The molecule has 196 valence electrons. The first-order valence-electron chi connectivity index (χ1n) is 12.0. The van der Waals surface area contributed by atoms with Gasteiger partial charge in [-0.1, -0.05) is 48.5 Å². The Morgan fingerprint density at radius 2 is 1.66 bits per heavy atom. The molecule has 2 saturated heterocycles. The molecule has 2 aromatic carbocycles. The second-order valence-electron chi connectivity index (χ2n) is 9.04. The number of fused-ring (bicyclic) bond motifs is 1. The van der Waals surface area contributed by atoms with Crippen molar-refractivity contribution in [1.82, 2.24) is 20.4 Å². The Labute approximate surface area is 222 Å². The van der Waals surface area contributed by atoms with Crippen LogP contribution in [0.5, 0.6) is 0 Å². The summed E-state index contributed by atoms with van der Waals surface area (Å²) in [5.41, 5.74) is 1.64. The Morgan fingerprint density at radius 3 is 2.32 bits per heavy atom. The van der Waals surface area contributed by atoms with Crippen molar-refractivity contribution < 1.29 is 29.1 Å². The average molecular weight is 536 g/mol. The molecule has 0 aromatic heterocycles. The second kappa shape index (κ2) is 10.2. The van der Waals surface area contributed by atoms with Crippen LogP contribution in [0.25, 0.3) is 0 Å². The van der Waals surface area contributed by atoms with Crippen molar-refractivity contribution in [2.45, 2.75) is 24.4 Å². The maximum atomic E-state index is 13.4. The zero-order chi connectivity index (χ0) is 27.0. The Kier molecular flexibility index (Phi) is 6.81. The number of carbonyl (C=O) groups is 5. The summed E-state index contributed by atoms with van der Waals surface area (Å²) in [4.78, 5) is 67.8. The minimum absolute atomic E-state index is 0.0623. The molecule has 3 atom stereocenters. The summed E-state index contributed by atoms with van der Waals surface area (Å²) < 4.78 is 0. The van der Waals surface area contributed by atoms with E-state index in [1.807, 2.05) is 6.07 Å². The van der Waals surface area contributed by atoms with E-state index in [2.05, 4.69) is 10.6 Å². The van der Waals surface area contributed by atoms with Gasteiger partial charge in [-0.05, 0) is 30.2 Å². The molecule has 0 radical (unpaired) electrons. The summed E-state index contributed by atoms with van der Waals surface area (Å²) in [6.07, 6.45) is 0. The Balaban J connectivity index is 1.31. The van der Waals surface area contributed by atoms with Crippen LogP contribution in [0.15, 0.2) is 71.9 Å². The lowest BCUT2D eigenvalue weighted by Gasteiger charge is -2.49. The Morgan fingerprint density at radius 1 is 1.00 bits per heavy atom. The second-order valence-corrected chi connectivity index (χ2v) is 10.1. The third-order valence-corrected chi connectivity index (χ3v) is 8.07. The van der Waals surface area contributed by atoms with Crippen molar-refractivity contribution in [3.05, 3.63) is 77.5 Å². The molecule has 11 nitrogen and oxygen atoms in total. The topological polar surface area (TPSA) is 139 Å². The van der Waals surface area contributed by atoms with Gasteiger partial charge in [0, 0.05) is 18.0 Å². The van der Waals surface area contributed by atoms with Gasteiger partial charge in [0.25, 0.3) is 5.91 Å². The van der Waals surface area contributed by atoms with Crippen molar-refractivity contribution in [3.63, 3.8) is 0 Å². The number of hydrogen-bond donors (Lipinski definition) is 3. The third-order valence-electron chi connectivity index (χ3n) is 6.64. The number of para-hydroxylation sites is 1. The number of benzene rings is 2. The van der Waals surface area contributed by atoms with Crippen LogP contribution in [-0.4, -0.2) is 75.0 Å². The monoisotopic (exact) mass is 535 g/mol. The van der Waals surface area contributed by atoms with Crippen molar-refractivity contribution in [2.75, 3.05) is 23.7 Å². The summed E-state index contributed by atoms with van der Waals surface area (Å²) in [5, 5.41) is 14.3. The molecule has 0 saturated carbocycles. The van der Waals surface area contributed by atoms with Gasteiger partial charge in [0.1, 0.15) is 23.2 Å². The minimum Gasteiger partial charge on any atom is -0.477 e. The number of aliphatic carboxylic acids is 1. The zero-order valence-corrected chi connectivity index (χ0v) is 21.2. The Hall–Kier alpha value is -4.32. The first-order chi connectivity index (χ1) is 18.3. The highest BCUT2D eigenvalue weighted by Crippen LogP contribution is 2.40. The van der Waals surface area contributed by atoms with Gasteiger partial charge in [-0.3, -0.25) is 19.4 Å². The predicted molar refractivity (Wildman–Crippen MR) is 139 cm³/mol. The van der Waals surface area contributed by atoms with E-state index in [1.54, 1.807) is 61.5 Å². The van der Waals surface area contributed by atoms with Gasteiger partial charge in [0.2, 0.25) is 5.91 Å². The first kappa shape index (κ1) is 25.3. The number of nitrogens with zero attached hydrogens (tertiary/aromatic N) is 3. The van der Waals surface area contributed by atoms with E-state index in [1.165, 1.54) is 21.6 Å². The average Bonchev–Trinajstić information content (AvgIpc) is 3.32. The van der Waals surface area contributed by atoms with E-state index in [4.69, 9.17) is 0 Å². The van der Waals surface area contributed by atoms with Crippen LogP contribution in [0.3, 0.4) is 0 Å². The molecule has 12 heteroatoms. The normalized spacial score (nSPS) is 21.6.